The predicted molar refractivity (Wildman–Crippen MR) is 75.7 cm³/mol. The van der Waals surface area contributed by atoms with E-state index < -0.39 is 10.0 Å². The average Bonchev–Trinajstić information content (AvgIpc) is 2.42. The molecular formula is C11H20N4O4S. The molecule has 0 amide bonds. The Morgan fingerprint density at radius 1 is 1.15 bits per heavy atom. The minimum atomic E-state index is -3.48. The van der Waals surface area contributed by atoms with Crippen LogP contribution in [0.3, 0.4) is 0 Å². The highest BCUT2D eigenvalue weighted by molar-refractivity contribution is 7.92. The lowest BCUT2D eigenvalue weighted by Gasteiger charge is -2.09. The van der Waals surface area contributed by atoms with Gasteiger partial charge in [-0.1, -0.05) is 0 Å². The van der Waals surface area contributed by atoms with Crippen molar-refractivity contribution in [2.24, 2.45) is 0 Å². The van der Waals surface area contributed by atoms with Gasteiger partial charge >= 0.3 is 0 Å². The number of rotatable bonds is 9. The van der Waals surface area contributed by atoms with Gasteiger partial charge in [0.1, 0.15) is 0 Å². The molecule has 0 spiro atoms. The molecule has 0 saturated heterocycles. The Kier molecular flexibility index (Phi) is 6.46. The number of hydrogen-bond donors (Lipinski definition) is 2. The van der Waals surface area contributed by atoms with Crippen molar-refractivity contribution >= 4 is 16.0 Å². The molecule has 0 aliphatic rings. The molecule has 0 aliphatic heterocycles. The van der Waals surface area contributed by atoms with Gasteiger partial charge in [0.15, 0.2) is 0 Å². The van der Waals surface area contributed by atoms with E-state index in [1.807, 2.05) is 7.05 Å². The lowest BCUT2D eigenvalue weighted by Crippen LogP contribution is -2.19. The van der Waals surface area contributed by atoms with Crippen LogP contribution in [0.5, 0.6) is 11.8 Å². The van der Waals surface area contributed by atoms with Crippen molar-refractivity contribution in [2.75, 3.05) is 38.3 Å². The highest BCUT2D eigenvalue weighted by Gasteiger charge is 2.14. The average molecular weight is 304 g/mol. The normalized spacial score (nSPS) is 11.2. The van der Waals surface area contributed by atoms with E-state index in [1.54, 1.807) is 0 Å². The Hall–Kier alpha value is -1.61. The highest BCUT2D eigenvalue weighted by atomic mass is 32.2. The van der Waals surface area contributed by atoms with Crippen LogP contribution in [-0.2, 0) is 10.0 Å². The van der Waals surface area contributed by atoms with E-state index in [-0.39, 0.29) is 23.5 Å². The van der Waals surface area contributed by atoms with Gasteiger partial charge in [-0.3, -0.25) is 4.72 Å². The third-order valence-corrected chi connectivity index (χ3v) is 3.75. The number of ether oxygens (including phenoxy) is 2. The summed E-state index contributed by atoms with van der Waals surface area (Å²) >= 11 is 0. The SMILES string of the molecule is CNCCCCS(=O)(=O)Nc1nc(OC)cc(OC)n1. The fourth-order valence-corrected chi connectivity index (χ4v) is 2.50. The molecule has 20 heavy (non-hydrogen) atoms. The van der Waals surface area contributed by atoms with Crippen molar-refractivity contribution < 1.29 is 17.9 Å². The molecule has 0 radical (unpaired) electrons. The minimum Gasteiger partial charge on any atom is -0.481 e. The fraction of sp³-hybridized carbons (Fsp3) is 0.636. The molecule has 9 heteroatoms. The molecule has 1 heterocycles. The largest absolute Gasteiger partial charge is 0.481 e. The van der Waals surface area contributed by atoms with Crippen LogP contribution in [0.15, 0.2) is 6.07 Å². The van der Waals surface area contributed by atoms with Crippen LogP contribution in [0.1, 0.15) is 12.8 Å². The van der Waals surface area contributed by atoms with Crippen LogP contribution in [0, 0.1) is 0 Å². The summed E-state index contributed by atoms with van der Waals surface area (Å²) in [6, 6.07) is 1.46. The summed E-state index contributed by atoms with van der Waals surface area (Å²) in [7, 11) is 1.20. The smallest absolute Gasteiger partial charge is 0.243 e. The Balaban J connectivity index is 2.71. The third kappa shape index (κ3) is 5.57. The van der Waals surface area contributed by atoms with Gasteiger partial charge in [0.05, 0.1) is 26.0 Å². The summed E-state index contributed by atoms with van der Waals surface area (Å²) in [5, 5.41) is 2.96. The van der Waals surface area contributed by atoms with Crippen molar-refractivity contribution in [2.45, 2.75) is 12.8 Å². The highest BCUT2D eigenvalue weighted by Crippen LogP contribution is 2.18. The monoisotopic (exact) mass is 304 g/mol. The Morgan fingerprint density at radius 3 is 2.25 bits per heavy atom. The van der Waals surface area contributed by atoms with Gasteiger partial charge in [0.2, 0.25) is 27.7 Å². The number of aromatic nitrogens is 2. The van der Waals surface area contributed by atoms with E-state index in [1.165, 1.54) is 20.3 Å². The number of unbranched alkanes of at least 4 members (excludes halogenated alkanes) is 1. The van der Waals surface area contributed by atoms with E-state index in [2.05, 4.69) is 20.0 Å². The molecule has 0 bridgehead atoms. The molecular weight excluding hydrogens is 284 g/mol. The van der Waals surface area contributed by atoms with Crippen LogP contribution in [0.25, 0.3) is 0 Å². The molecule has 8 nitrogen and oxygen atoms in total. The topological polar surface area (TPSA) is 102 Å². The fourth-order valence-electron chi connectivity index (χ4n) is 1.44. The van der Waals surface area contributed by atoms with Gasteiger partial charge in [-0.2, -0.15) is 9.97 Å². The number of hydrogen-bond acceptors (Lipinski definition) is 7. The van der Waals surface area contributed by atoms with Crippen molar-refractivity contribution in [1.82, 2.24) is 15.3 Å². The van der Waals surface area contributed by atoms with Crippen molar-refractivity contribution in [1.29, 1.82) is 0 Å². The second-order valence-electron chi connectivity index (χ2n) is 4.01. The van der Waals surface area contributed by atoms with Crippen molar-refractivity contribution in [3.8, 4) is 11.8 Å². The van der Waals surface area contributed by atoms with E-state index in [4.69, 9.17) is 9.47 Å². The van der Waals surface area contributed by atoms with Gasteiger partial charge < -0.3 is 14.8 Å². The summed E-state index contributed by atoms with van der Waals surface area (Å²) < 4.78 is 36.0. The molecule has 0 saturated carbocycles. The van der Waals surface area contributed by atoms with Crippen LogP contribution >= 0.6 is 0 Å². The molecule has 2 N–H and O–H groups in total. The summed E-state index contributed by atoms with van der Waals surface area (Å²) in [6.45, 7) is 0.777. The summed E-state index contributed by atoms with van der Waals surface area (Å²) in [6.07, 6.45) is 1.33. The van der Waals surface area contributed by atoms with Crippen LogP contribution in [-0.4, -0.2) is 52.0 Å². The number of nitrogens with zero attached hydrogens (tertiary/aromatic N) is 2. The lowest BCUT2D eigenvalue weighted by molar-refractivity contribution is 0.373. The molecule has 0 aliphatic carbocycles. The van der Waals surface area contributed by atoms with Crippen LogP contribution in [0.2, 0.25) is 0 Å². The van der Waals surface area contributed by atoms with Gasteiger partial charge in [-0.15, -0.1) is 0 Å². The van der Waals surface area contributed by atoms with E-state index >= 15 is 0 Å². The zero-order valence-electron chi connectivity index (χ0n) is 11.8. The van der Waals surface area contributed by atoms with Gasteiger partial charge in [0.25, 0.3) is 0 Å². The van der Waals surface area contributed by atoms with E-state index in [0.717, 1.165) is 13.0 Å². The number of anilines is 1. The molecule has 0 aromatic carbocycles. The van der Waals surface area contributed by atoms with Gasteiger partial charge in [-0.25, -0.2) is 8.42 Å². The predicted octanol–water partition coefficient (Wildman–Crippen LogP) is 0.235. The van der Waals surface area contributed by atoms with Crippen LogP contribution < -0.4 is 19.5 Å². The quantitative estimate of drug-likeness (QED) is 0.630. The molecule has 0 fully saturated rings. The first-order valence-corrected chi connectivity index (χ1v) is 7.78. The zero-order valence-corrected chi connectivity index (χ0v) is 12.7. The summed E-state index contributed by atoms with van der Waals surface area (Å²) in [4.78, 5) is 7.83. The van der Waals surface area contributed by atoms with E-state index in [0.29, 0.717) is 6.42 Å². The maximum absolute atomic E-state index is 11.9. The summed E-state index contributed by atoms with van der Waals surface area (Å²) in [5.74, 6) is 0.404. The molecule has 0 unspecified atom stereocenters. The molecule has 1 aromatic rings. The first kappa shape index (κ1) is 16.4. The maximum Gasteiger partial charge on any atom is 0.243 e. The molecule has 1 aromatic heterocycles. The Bertz CT molecular complexity index is 499. The van der Waals surface area contributed by atoms with Crippen molar-refractivity contribution in [3.63, 3.8) is 0 Å². The van der Waals surface area contributed by atoms with Gasteiger partial charge in [-0.05, 0) is 26.4 Å². The zero-order chi connectivity index (χ0) is 15.0. The molecule has 0 atom stereocenters. The number of sulfonamides is 1. The van der Waals surface area contributed by atoms with Crippen LogP contribution in [0.4, 0.5) is 5.95 Å². The molecule has 1 rings (SSSR count). The van der Waals surface area contributed by atoms with E-state index in [9.17, 15) is 8.42 Å². The Morgan fingerprint density at radius 2 is 1.75 bits per heavy atom. The summed E-state index contributed by atoms with van der Waals surface area (Å²) in [5.41, 5.74) is 0. The standard InChI is InChI=1S/C11H20N4O4S/c1-12-6-4-5-7-20(16,17)15-11-13-9(18-2)8-10(14-11)19-3/h8,12H,4-7H2,1-3H3,(H,13,14,15). The second-order valence-corrected chi connectivity index (χ2v) is 5.85. The first-order chi connectivity index (χ1) is 9.50. The number of nitrogens with one attached hydrogen (secondary N) is 2. The van der Waals surface area contributed by atoms with Crippen molar-refractivity contribution in [3.05, 3.63) is 6.07 Å². The van der Waals surface area contributed by atoms with Gasteiger partial charge in [0, 0.05) is 0 Å². The number of methoxy groups -OCH3 is 2. The third-order valence-electron chi connectivity index (χ3n) is 2.43. The second kappa shape index (κ2) is 7.85. The Labute approximate surface area is 119 Å². The minimum absolute atomic E-state index is 0.0115. The first-order valence-electron chi connectivity index (χ1n) is 6.13. The maximum atomic E-state index is 11.9. The molecule has 114 valence electrons. The lowest BCUT2D eigenvalue weighted by atomic mass is 10.3.